The van der Waals surface area contributed by atoms with Gasteiger partial charge in [0.15, 0.2) is 5.78 Å². The normalized spacial score (nSPS) is 23.1. The predicted molar refractivity (Wildman–Crippen MR) is 46.4 cm³/mol. The van der Waals surface area contributed by atoms with Gasteiger partial charge in [-0.3, -0.25) is 4.79 Å². The van der Waals surface area contributed by atoms with Crippen molar-refractivity contribution in [1.82, 2.24) is 0 Å². The van der Waals surface area contributed by atoms with E-state index in [9.17, 15) is 4.79 Å². The van der Waals surface area contributed by atoms with Crippen LogP contribution in [0.2, 0.25) is 0 Å². The maximum Gasteiger partial charge on any atom is 0.155 e. The molecule has 0 aliphatic heterocycles. The van der Waals surface area contributed by atoms with E-state index in [1.165, 1.54) is 0 Å². The van der Waals surface area contributed by atoms with Gasteiger partial charge in [0.25, 0.3) is 0 Å². The molecule has 0 aromatic rings. The molecule has 0 spiro atoms. The molecule has 1 unspecified atom stereocenters. The van der Waals surface area contributed by atoms with Crippen molar-refractivity contribution < 1.29 is 4.79 Å². The van der Waals surface area contributed by atoms with Crippen molar-refractivity contribution in [3.05, 3.63) is 0 Å². The van der Waals surface area contributed by atoms with Crippen molar-refractivity contribution in [3.63, 3.8) is 0 Å². The Morgan fingerprint density at radius 1 is 1.50 bits per heavy atom. The van der Waals surface area contributed by atoms with Crippen molar-refractivity contribution in [2.45, 2.75) is 39.5 Å². The zero-order valence-corrected chi connectivity index (χ0v) is 7.76. The van der Waals surface area contributed by atoms with Crippen LogP contribution in [0.15, 0.2) is 0 Å². The molecule has 2 heteroatoms. The van der Waals surface area contributed by atoms with Gasteiger partial charge in [0.2, 0.25) is 0 Å². The van der Waals surface area contributed by atoms with E-state index < -0.39 is 5.92 Å². The summed E-state index contributed by atoms with van der Waals surface area (Å²) >= 11 is 0. The van der Waals surface area contributed by atoms with Crippen LogP contribution in [0.25, 0.3) is 0 Å². The van der Waals surface area contributed by atoms with Gasteiger partial charge in [-0.15, -0.1) is 0 Å². The summed E-state index contributed by atoms with van der Waals surface area (Å²) in [7, 11) is 0. The molecule has 12 heavy (non-hydrogen) atoms. The van der Waals surface area contributed by atoms with Gasteiger partial charge >= 0.3 is 0 Å². The first kappa shape index (κ1) is 9.25. The fraction of sp³-hybridized carbons (Fsp3) is 0.800. The molecular weight excluding hydrogens is 150 g/mol. The number of hydrogen-bond donors (Lipinski definition) is 0. The summed E-state index contributed by atoms with van der Waals surface area (Å²) in [6.45, 7) is 3.70. The van der Waals surface area contributed by atoms with E-state index in [2.05, 4.69) is 0 Å². The third-order valence-corrected chi connectivity index (χ3v) is 2.89. The van der Waals surface area contributed by atoms with Crippen molar-refractivity contribution in [3.8, 4) is 6.07 Å². The number of ketones is 1. The Hall–Kier alpha value is -0.840. The molecule has 1 fully saturated rings. The van der Waals surface area contributed by atoms with Crippen LogP contribution in [0.5, 0.6) is 0 Å². The molecular formula is C10H15NO. The lowest BCUT2D eigenvalue weighted by atomic mass is 9.79. The van der Waals surface area contributed by atoms with Crippen LogP contribution in [0.4, 0.5) is 0 Å². The number of Topliss-reactive ketones (excluding diaryl/α,β-unsaturated/α-hetero) is 1. The minimum absolute atomic E-state index is 0.141. The molecule has 0 amide bonds. The van der Waals surface area contributed by atoms with Gasteiger partial charge in [-0.1, -0.05) is 19.8 Å². The van der Waals surface area contributed by atoms with Gasteiger partial charge in [-0.05, 0) is 19.8 Å². The lowest BCUT2D eigenvalue weighted by Crippen LogP contribution is -2.29. The molecule has 1 aliphatic carbocycles. The zero-order chi connectivity index (χ0) is 9.19. The number of carbonyl (C=O) groups is 1. The van der Waals surface area contributed by atoms with Gasteiger partial charge in [0, 0.05) is 5.41 Å². The smallest absolute Gasteiger partial charge is 0.155 e. The summed E-state index contributed by atoms with van der Waals surface area (Å²) in [5.74, 6) is -0.282. The van der Waals surface area contributed by atoms with Crippen LogP contribution in [0.1, 0.15) is 39.5 Å². The Labute approximate surface area is 73.6 Å². The third-order valence-electron chi connectivity index (χ3n) is 2.89. The van der Waals surface area contributed by atoms with Crippen molar-refractivity contribution in [2.24, 2.45) is 11.3 Å². The van der Waals surface area contributed by atoms with Gasteiger partial charge < -0.3 is 0 Å². The molecule has 0 heterocycles. The lowest BCUT2D eigenvalue weighted by Gasteiger charge is -2.22. The van der Waals surface area contributed by atoms with Gasteiger partial charge in [-0.2, -0.15) is 5.26 Å². The highest BCUT2D eigenvalue weighted by atomic mass is 16.1. The first-order valence-corrected chi connectivity index (χ1v) is 4.54. The second-order valence-corrected chi connectivity index (χ2v) is 3.98. The predicted octanol–water partition coefficient (Wildman–Crippen LogP) is 2.30. The standard InChI is InChI=1S/C10H15NO/c1-8(7-11)9(12)10(2)5-3-4-6-10/h8H,3-6H2,1-2H3. The fourth-order valence-corrected chi connectivity index (χ4v) is 1.98. The minimum Gasteiger partial charge on any atom is -0.298 e. The van der Waals surface area contributed by atoms with E-state index in [4.69, 9.17) is 5.26 Å². The van der Waals surface area contributed by atoms with E-state index in [0.29, 0.717) is 0 Å². The van der Waals surface area contributed by atoms with E-state index >= 15 is 0 Å². The summed E-state index contributed by atoms with van der Waals surface area (Å²) in [5.41, 5.74) is -0.185. The first-order chi connectivity index (χ1) is 5.60. The molecule has 0 saturated heterocycles. The largest absolute Gasteiger partial charge is 0.298 e. The Bertz CT molecular complexity index is 220. The van der Waals surface area contributed by atoms with Gasteiger partial charge in [0.05, 0.1) is 6.07 Å². The van der Waals surface area contributed by atoms with E-state index in [0.717, 1.165) is 25.7 Å². The molecule has 1 rings (SSSR count). The Kier molecular flexibility index (Phi) is 2.52. The summed E-state index contributed by atoms with van der Waals surface area (Å²) in [6.07, 6.45) is 4.22. The minimum atomic E-state index is -0.423. The summed E-state index contributed by atoms with van der Waals surface area (Å²) in [4.78, 5) is 11.7. The van der Waals surface area contributed by atoms with E-state index in [1.54, 1.807) is 6.92 Å². The molecule has 0 aromatic heterocycles. The molecule has 0 N–H and O–H groups in total. The highest BCUT2D eigenvalue weighted by Crippen LogP contribution is 2.39. The first-order valence-electron chi connectivity index (χ1n) is 4.54. The molecule has 1 saturated carbocycles. The SMILES string of the molecule is CC(C#N)C(=O)C1(C)CCCC1. The second kappa shape index (κ2) is 3.26. The van der Waals surface area contributed by atoms with Crippen LogP contribution in [-0.4, -0.2) is 5.78 Å². The highest BCUT2D eigenvalue weighted by molar-refractivity contribution is 5.88. The quantitative estimate of drug-likeness (QED) is 0.630. The van der Waals surface area contributed by atoms with Crippen LogP contribution in [-0.2, 0) is 4.79 Å². The van der Waals surface area contributed by atoms with Crippen molar-refractivity contribution >= 4 is 5.78 Å². The number of rotatable bonds is 2. The molecule has 1 atom stereocenters. The summed E-state index contributed by atoms with van der Waals surface area (Å²) < 4.78 is 0. The highest BCUT2D eigenvalue weighted by Gasteiger charge is 2.38. The van der Waals surface area contributed by atoms with Crippen LogP contribution < -0.4 is 0 Å². The number of carbonyl (C=O) groups excluding carboxylic acids is 1. The Morgan fingerprint density at radius 2 is 2.00 bits per heavy atom. The maximum absolute atomic E-state index is 11.7. The monoisotopic (exact) mass is 165 g/mol. The van der Waals surface area contributed by atoms with Crippen molar-refractivity contribution in [1.29, 1.82) is 5.26 Å². The summed E-state index contributed by atoms with van der Waals surface area (Å²) in [6, 6.07) is 2.02. The number of hydrogen-bond acceptors (Lipinski definition) is 2. The molecule has 1 aliphatic rings. The lowest BCUT2D eigenvalue weighted by molar-refractivity contribution is -0.129. The second-order valence-electron chi connectivity index (χ2n) is 3.98. The average Bonchev–Trinajstić information content (AvgIpc) is 2.50. The molecule has 2 nitrogen and oxygen atoms in total. The zero-order valence-electron chi connectivity index (χ0n) is 7.76. The average molecular weight is 165 g/mol. The number of nitriles is 1. The van der Waals surface area contributed by atoms with Crippen LogP contribution in [0, 0.1) is 22.7 Å². The topological polar surface area (TPSA) is 40.9 Å². The van der Waals surface area contributed by atoms with E-state index in [1.807, 2.05) is 13.0 Å². The maximum atomic E-state index is 11.7. The summed E-state index contributed by atoms with van der Waals surface area (Å²) in [5, 5.41) is 8.61. The number of nitrogens with zero attached hydrogens (tertiary/aromatic N) is 1. The fourth-order valence-electron chi connectivity index (χ4n) is 1.98. The van der Waals surface area contributed by atoms with Gasteiger partial charge in [-0.25, -0.2) is 0 Å². The Balaban J connectivity index is 2.69. The molecule has 0 radical (unpaired) electrons. The Morgan fingerprint density at radius 3 is 2.42 bits per heavy atom. The third kappa shape index (κ3) is 1.50. The van der Waals surface area contributed by atoms with Gasteiger partial charge in [0.1, 0.15) is 5.92 Å². The van der Waals surface area contributed by atoms with E-state index in [-0.39, 0.29) is 11.2 Å². The molecule has 0 aromatic carbocycles. The van der Waals surface area contributed by atoms with Crippen LogP contribution >= 0.6 is 0 Å². The molecule has 0 bridgehead atoms. The van der Waals surface area contributed by atoms with Crippen LogP contribution in [0.3, 0.4) is 0 Å². The molecule has 66 valence electrons. The van der Waals surface area contributed by atoms with Crippen molar-refractivity contribution in [2.75, 3.05) is 0 Å².